The number of β-amino-alcohol motifs (C(OH)–C–C–N with tert-alkyl or cyclic N) is 1. The summed E-state index contributed by atoms with van der Waals surface area (Å²) in [6, 6.07) is 15.1. The second-order valence-corrected chi connectivity index (χ2v) is 20.8. The first-order valence-electron chi connectivity index (χ1n) is 23.6. The van der Waals surface area contributed by atoms with E-state index in [-0.39, 0.29) is 62.5 Å². The van der Waals surface area contributed by atoms with Crippen molar-refractivity contribution >= 4 is 40.0 Å². The highest BCUT2D eigenvalue weighted by atomic mass is 32.1. The van der Waals surface area contributed by atoms with Crippen LogP contribution in [0.1, 0.15) is 108 Å². The van der Waals surface area contributed by atoms with Gasteiger partial charge in [-0.3, -0.25) is 19.3 Å². The molecule has 0 spiro atoms. The first kappa shape index (κ1) is 50.6. The average molecular weight is 959 g/mol. The normalized spacial score (nSPS) is 19.2. The second kappa shape index (κ2) is 21.6. The van der Waals surface area contributed by atoms with Gasteiger partial charge in [-0.25, -0.2) is 18.2 Å². The zero-order valence-electron chi connectivity index (χ0n) is 40.1. The number of unbranched alkanes of at least 4 members (excludes halogenated alkanes) is 3. The lowest BCUT2D eigenvalue weighted by atomic mass is 9.85. The molecular weight excluding hydrogens is 894 g/mol. The molecule has 2 aliphatic rings. The van der Waals surface area contributed by atoms with Gasteiger partial charge in [-0.05, 0) is 81.5 Å². The molecule has 3 aromatic carbocycles. The molecule has 4 N–H and O–H groups in total. The molecule has 7 rings (SSSR count). The number of nitrogens with one attached hydrogen (secondary N) is 3. The van der Waals surface area contributed by atoms with Crippen LogP contribution < -0.4 is 15.4 Å². The molecule has 4 heterocycles. The van der Waals surface area contributed by atoms with Gasteiger partial charge in [-0.2, -0.15) is 0 Å². The Balaban J connectivity index is 0.844. The number of H-pyrrole nitrogens is 1. The van der Waals surface area contributed by atoms with Crippen molar-refractivity contribution in [3.63, 3.8) is 0 Å². The summed E-state index contributed by atoms with van der Waals surface area (Å²) in [5.41, 5.74) is 4.73. The van der Waals surface area contributed by atoms with Crippen molar-refractivity contribution in [2.45, 2.75) is 129 Å². The van der Waals surface area contributed by atoms with Crippen molar-refractivity contribution in [2.24, 2.45) is 5.41 Å². The summed E-state index contributed by atoms with van der Waals surface area (Å²) in [6.07, 6.45) is 2.56. The van der Waals surface area contributed by atoms with Gasteiger partial charge in [-0.1, -0.05) is 69.7 Å². The van der Waals surface area contributed by atoms with Crippen LogP contribution in [0.5, 0.6) is 5.75 Å². The monoisotopic (exact) mass is 958 g/mol. The Kier molecular flexibility index (Phi) is 16.0. The molecule has 12 nitrogen and oxygen atoms in total. The minimum absolute atomic E-state index is 0.0106. The molecule has 0 bridgehead atoms. The number of fused-ring (bicyclic) bond motifs is 3. The molecule has 5 atom stereocenters. The third-order valence-electron chi connectivity index (χ3n) is 12.8. The highest BCUT2D eigenvalue weighted by molar-refractivity contribution is 7.13. The van der Waals surface area contributed by atoms with Crippen molar-refractivity contribution in [1.29, 1.82) is 0 Å². The van der Waals surface area contributed by atoms with E-state index in [4.69, 9.17) is 9.47 Å². The molecular formula is C52H65F3N6O6S. The van der Waals surface area contributed by atoms with Crippen LogP contribution in [0.25, 0.3) is 21.3 Å². The minimum atomic E-state index is -1.60. The van der Waals surface area contributed by atoms with Gasteiger partial charge in [0.25, 0.3) is 0 Å². The fourth-order valence-corrected chi connectivity index (χ4v) is 10.2. The van der Waals surface area contributed by atoms with Gasteiger partial charge in [0.15, 0.2) is 0 Å². The van der Waals surface area contributed by atoms with Gasteiger partial charge < -0.3 is 35.1 Å². The van der Waals surface area contributed by atoms with Crippen LogP contribution in [0.3, 0.4) is 0 Å². The number of aliphatic hydroxyl groups is 1. The summed E-state index contributed by atoms with van der Waals surface area (Å²) in [4.78, 5) is 52.5. The number of hydrogen-bond donors (Lipinski definition) is 4. The highest BCUT2D eigenvalue weighted by Gasteiger charge is 2.45. The van der Waals surface area contributed by atoms with Crippen LogP contribution in [0, 0.1) is 24.0 Å². The molecule has 16 heteroatoms. The van der Waals surface area contributed by atoms with Gasteiger partial charge in [0.05, 0.1) is 34.8 Å². The van der Waals surface area contributed by atoms with Gasteiger partial charge in [-0.15, -0.1) is 11.3 Å². The molecule has 366 valence electrons. The van der Waals surface area contributed by atoms with Gasteiger partial charge in [0.1, 0.15) is 41.7 Å². The molecule has 1 fully saturated rings. The van der Waals surface area contributed by atoms with E-state index in [1.807, 2.05) is 88.0 Å². The minimum Gasteiger partial charge on any atom is -0.493 e. The van der Waals surface area contributed by atoms with Gasteiger partial charge >= 0.3 is 0 Å². The molecule has 2 aromatic heterocycles. The van der Waals surface area contributed by atoms with E-state index in [1.54, 1.807) is 16.8 Å². The third kappa shape index (κ3) is 12.1. The molecule has 5 aromatic rings. The molecule has 0 saturated carbocycles. The quantitative estimate of drug-likeness (QED) is 0.0601. The fourth-order valence-electron chi connectivity index (χ4n) is 9.40. The van der Waals surface area contributed by atoms with Gasteiger partial charge in [0, 0.05) is 73.0 Å². The number of nitrogens with zero attached hydrogens (tertiary/aromatic N) is 3. The van der Waals surface area contributed by atoms with Crippen molar-refractivity contribution in [3.8, 4) is 16.2 Å². The molecule has 2 aliphatic heterocycles. The number of carbonyl (C=O) groups is 3. The maximum atomic E-state index is 16.1. The molecule has 68 heavy (non-hydrogen) atoms. The van der Waals surface area contributed by atoms with Crippen LogP contribution in [0.4, 0.5) is 13.2 Å². The highest BCUT2D eigenvalue weighted by Crippen LogP contribution is 2.44. The van der Waals surface area contributed by atoms with Crippen molar-refractivity contribution in [2.75, 3.05) is 32.9 Å². The Bertz CT molecular complexity index is 2530. The number of aliphatic hydroxyl groups excluding tert-OH is 1. The molecule has 0 radical (unpaired) electrons. The van der Waals surface area contributed by atoms with Crippen LogP contribution in [-0.2, 0) is 32.1 Å². The van der Waals surface area contributed by atoms with Gasteiger partial charge in [0.2, 0.25) is 17.7 Å². The van der Waals surface area contributed by atoms with E-state index in [1.165, 1.54) is 30.9 Å². The van der Waals surface area contributed by atoms with E-state index in [9.17, 15) is 19.5 Å². The number of benzene rings is 3. The second-order valence-electron chi connectivity index (χ2n) is 20.0. The average Bonchev–Trinajstić information content (AvgIpc) is 4.00. The predicted molar refractivity (Wildman–Crippen MR) is 258 cm³/mol. The number of ether oxygens (including phenoxy) is 2. The number of carbonyl (C=O) groups excluding carboxylic acids is 3. The van der Waals surface area contributed by atoms with Crippen LogP contribution in [0.2, 0.25) is 0 Å². The van der Waals surface area contributed by atoms with E-state index in [2.05, 4.69) is 20.6 Å². The lowest BCUT2D eigenvalue weighted by Crippen LogP contribution is -2.58. The zero-order chi connectivity index (χ0) is 48.9. The summed E-state index contributed by atoms with van der Waals surface area (Å²) >= 11 is 1.56. The molecule has 0 aliphatic carbocycles. The number of aromatic nitrogens is 2. The largest absolute Gasteiger partial charge is 0.493 e. The van der Waals surface area contributed by atoms with Crippen molar-refractivity contribution < 1.29 is 42.1 Å². The Hall–Kier alpha value is -5.29. The Morgan fingerprint density at radius 2 is 1.68 bits per heavy atom. The summed E-state index contributed by atoms with van der Waals surface area (Å²) < 4.78 is 58.7. The summed E-state index contributed by atoms with van der Waals surface area (Å²) in [5.74, 6) is -2.77. The Labute approximate surface area is 401 Å². The standard InChI is InChI=1S/C52H65F3N6O6S/c1-31-22-38-37-14-10-11-15-41(37)58-45(38)46(61(31)29-52(6,7)55)44-39(53)24-36(25-40(44)54)67-21-13-9-8-12-20-66-28-43(63)59-48(51(3,4)5)50(65)60-27-35(62)23-42(60)49(64)56-26-33-16-18-34(19-17-33)47-32(2)57-30-68-47/h10-11,14-19,24-25,30-31,35,42,46,48,58,62H,8-9,12-13,20-23,26-29H2,1-7H3,(H,56,64)(H,59,63)/t31-,35-,42+,46-,48-/m1/s1. The summed E-state index contributed by atoms with van der Waals surface area (Å²) in [7, 11) is 0. The zero-order valence-corrected chi connectivity index (χ0v) is 40.9. The first-order chi connectivity index (χ1) is 32.3. The predicted octanol–water partition coefficient (Wildman–Crippen LogP) is 8.73. The SMILES string of the molecule is Cc1ncsc1-c1ccc(CNC(=O)[C@@H]2C[C@@H](O)CN2C(=O)[C@@H](NC(=O)COCCCCCCOc2cc(F)c([C@@H]3c4[nH]c5ccccc5c4C[C@@H](C)N3CC(C)(C)F)c(F)c2)C(C)(C)C)cc1. The number of rotatable bonds is 19. The molecule has 0 unspecified atom stereocenters. The third-order valence-corrected chi connectivity index (χ3v) is 13.8. The number of likely N-dealkylation sites (tertiary alicyclic amines) is 1. The molecule has 1 saturated heterocycles. The lowest BCUT2D eigenvalue weighted by Gasteiger charge is -2.43. The van der Waals surface area contributed by atoms with E-state index >= 15 is 13.2 Å². The van der Waals surface area contributed by atoms with Crippen LogP contribution >= 0.6 is 11.3 Å². The lowest BCUT2D eigenvalue weighted by molar-refractivity contribution is -0.144. The number of hydrogen-bond acceptors (Lipinski definition) is 9. The van der Waals surface area contributed by atoms with E-state index in [0.717, 1.165) is 51.0 Å². The van der Waals surface area contributed by atoms with Crippen molar-refractivity contribution in [1.82, 2.24) is 30.4 Å². The molecule has 3 amide bonds. The number of aromatic amines is 1. The van der Waals surface area contributed by atoms with Crippen LogP contribution in [-0.4, -0.2) is 105 Å². The van der Waals surface area contributed by atoms with E-state index < -0.39 is 58.8 Å². The Morgan fingerprint density at radius 3 is 2.34 bits per heavy atom. The number of amides is 3. The number of aryl methyl sites for hydroxylation is 1. The summed E-state index contributed by atoms with van der Waals surface area (Å²) in [5, 5.41) is 17.3. The maximum Gasteiger partial charge on any atom is 0.246 e. The smallest absolute Gasteiger partial charge is 0.246 e. The number of thiazole rings is 1. The number of para-hydroxylation sites is 1. The number of alkyl halides is 1. The van der Waals surface area contributed by atoms with E-state index in [0.29, 0.717) is 31.6 Å². The number of halogens is 3. The first-order valence-corrected chi connectivity index (χ1v) is 24.5. The topological polar surface area (TPSA) is 149 Å². The van der Waals surface area contributed by atoms with Crippen molar-refractivity contribution in [3.05, 3.63) is 106 Å². The Morgan fingerprint density at radius 1 is 0.985 bits per heavy atom. The fraction of sp³-hybridized carbons (Fsp3) is 0.500. The maximum absolute atomic E-state index is 16.1. The summed E-state index contributed by atoms with van der Waals surface area (Å²) in [6.45, 7) is 12.8. The van der Waals surface area contributed by atoms with Crippen LogP contribution in [0.15, 0.2) is 66.2 Å².